The predicted octanol–water partition coefficient (Wildman–Crippen LogP) is 1.91. The molecule has 0 radical (unpaired) electrons. The number of sulfonamides is 1. The van der Waals surface area contributed by atoms with Crippen LogP contribution in [0.3, 0.4) is 0 Å². The fraction of sp³-hybridized carbons (Fsp3) is 0.316. The highest BCUT2D eigenvalue weighted by Crippen LogP contribution is 2.39. The van der Waals surface area contributed by atoms with E-state index in [0.717, 1.165) is 10.6 Å². The fourth-order valence-corrected chi connectivity index (χ4v) is 5.09. The average Bonchev–Trinajstić information content (AvgIpc) is 3.49. The minimum atomic E-state index is -5.54. The molecule has 0 N–H and O–H groups in total. The van der Waals surface area contributed by atoms with Crippen molar-refractivity contribution in [2.24, 2.45) is 7.05 Å². The summed E-state index contributed by atoms with van der Waals surface area (Å²) in [4.78, 5) is 8.56. The zero-order chi connectivity index (χ0) is 25.2. The predicted molar refractivity (Wildman–Crippen MR) is 111 cm³/mol. The van der Waals surface area contributed by atoms with E-state index in [-0.39, 0.29) is 27.8 Å². The molecular formula is C19H15F4N9O2S. The monoisotopic (exact) mass is 509 g/mol. The van der Waals surface area contributed by atoms with Crippen LogP contribution in [-0.2, 0) is 22.6 Å². The van der Waals surface area contributed by atoms with Crippen molar-refractivity contribution >= 4 is 15.7 Å². The maximum atomic E-state index is 14.6. The fourth-order valence-electron chi connectivity index (χ4n) is 3.98. The highest BCUT2D eigenvalue weighted by atomic mass is 32.2. The lowest BCUT2D eigenvalue weighted by atomic mass is 9.89. The summed E-state index contributed by atoms with van der Waals surface area (Å²) in [6, 6.07) is 3.44. The van der Waals surface area contributed by atoms with Crippen molar-refractivity contribution in [1.29, 1.82) is 5.26 Å². The molecule has 4 aromatic rings. The summed E-state index contributed by atoms with van der Waals surface area (Å²) < 4.78 is 81.0. The van der Waals surface area contributed by atoms with Crippen molar-refractivity contribution in [2.75, 3.05) is 13.1 Å². The van der Waals surface area contributed by atoms with Crippen LogP contribution in [0.1, 0.15) is 6.42 Å². The third kappa shape index (κ3) is 3.54. The van der Waals surface area contributed by atoms with E-state index in [1.165, 1.54) is 17.1 Å². The normalized spacial score (nSPS) is 16.3. The second-order valence-electron chi connectivity index (χ2n) is 8.09. The van der Waals surface area contributed by atoms with Gasteiger partial charge in [0.15, 0.2) is 5.82 Å². The van der Waals surface area contributed by atoms with Crippen LogP contribution in [0.2, 0.25) is 0 Å². The standard InChI is InChI=1S/C19H15F4N9O2S/c1-29-8-12(5-26-29)14-4-16-25-7-15(20)32(16)17(28-14)13-6-27-31(9-13)18(2-3-24)10-30(11-18)35(33,34)19(21,22)23/h4-9H,2,10-11H2,1H3. The van der Waals surface area contributed by atoms with Crippen molar-refractivity contribution in [2.45, 2.75) is 17.5 Å². The van der Waals surface area contributed by atoms with E-state index in [1.807, 2.05) is 6.07 Å². The largest absolute Gasteiger partial charge is 0.511 e. The van der Waals surface area contributed by atoms with Crippen molar-refractivity contribution in [3.05, 3.63) is 43.0 Å². The quantitative estimate of drug-likeness (QED) is 0.376. The Morgan fingerprint density at radius 2 is 1.86 bits per heavy atom. The molecule has 0 atom stereocenters. The van der Waals surface area contributed by atoms with Gasteiger partial charge in [0.05, 0.1) is 42.3 Å². The molecule has 0 unspecified atom stereocenters. The summed E-state index contributed by atoms with van der Waals surface area (Å²) in [5, 5.41) is 17.5. The summed E-state index contributed by atoms with van der Waals surface area (Å²) in [7, 11) is -3.82. The molecule has 11 nitrogen and oxygen atoms in total. The van der Waals surface area contributed by atoms with Crippen LogP contribution in [0.4, 0.5) is 17.6 Å². The minimum Gasteiger partial charge on any atom is -0.275 e. The van der Waals surface area contributed by atoms with E-state index >= 15 is 0 Å². The van der Waals surface area contributed by atoms with Gasteiger partial charge in [0.1, 0.15) is 11.2 Å². The van der Waals surface area contributed by atoms with E-state index in [2.05, 4.69) is 20.2 Å². The highest BCUT2D eigenvalue weighted by molar-refractivity contribution is 7.90. The Morgan fingerprint density at radius 3 is 2.49 bits per heavy atom. The number of halogens is 4. The third-order valence-corrected chi connectivity index (χ3v) is 7.28. The topological polar surface area (TPSA) is 127 Å². The van der Waals surface area contributed by atoms with Crippen LogP contribution in [-0.4, -0.2) is 65.3 Å². The smallest absolute Gasteiger partial charge is 0.275 e. The Kier molecular flexibility index (Phi) is 4.97. The first-order valence-electron chi connectivity index (χ1n) is 9.97. The Bertz CT molecular complexity index is 1590. The summed E-state index contributed by atoms with van der Waals surface area (Å²) >= 11 is 0. The molecule has 0 saturated carbocycles. The molecule has 0 aliphatic carbocycles. The summed E-state index contributed by atoms with van der Waals surface area (Å²) in [5.74, 6) is -0.598. The van der Waals surface area contributed by atoms with Gasteiger partial charge in [-0.1, -0.05) is 0 Å². The zero-order valence-corrected chi connectivity index (χ0v) is 18.7. The lowest BCUT2D eigenvalue weighted by Gasteiger charge is -2.47. The van der Waals surface area contributed by atoms with Gasteiger partial charge in [0, 0.05) is 44.2 Å². The molecule has 182 valence electrons. The van der Waals surface area contributed by atoms with E-state index in [4.69, 9.17) is 0 Å². The molecule has 5 rings (SSSR count). The molecule has 1 aliphatic heterocycles. The van der Waals surface area contributed by atoms with Crippen LogP contribution < -0.4 is 0 Å². The maximum absolute atomic E-state index is 14.6. The molecule has 5 heterocycles. The van der Waals surface area contributed by atoms with Crippen molar-refractivity contribution in [3.63, 3.8) is 0 Å². The molecule has 35 heavy (non-hydrogen) atoms. The van der Waals surface area contributed by atoms with Gasteiger partial charge in [0.25, 0.3) is 0 Å². The Hall–Kier alpha value is -3.84. The van der Waals surface area contributed by atoms with Crippen LogP contribution in [0, 0.1) is 17.3 Å². The molecular weight excluding hydrogens is 494 g/mol. The minimum absolute atomic E-state index is 0.105. The number of imidazole rings is 1. The molecule has 4 aromatic heterocycles. The SMILES string of the molecule is Cn1cc(-c2cc3ncc(F)n3c(-c3cnn(C4(CC#N)CN(S(=O)(=O)C(F)(F)F)C4)c3)n2)cn1. The molecule has 0 bridgehead atoms. The lowest BCUT2D eigenvalue weighted by Crippen LogP contribution is -2.65. The lowest BCUT2D eigenvalue weighted by molar-refractivity contribution is -0.0565. The summed E-state index contributed by atoms with van der Waals surface area (Å²) in [6.45, 7) is -1.19. The van der Waals surface area contributed by atoms with Crippen LogP contribution in [0.5, 0.6) is 0 Å². The number of hydrogen-bond acceptors (Lipinski definition) is 7. The van der Waals surface area contributed by atoms with E-state index in [0.29, 0.717) is 11.3 Å². The second kappa shape index (κ2) is 7.58. The molecule has 0 aromatic carbocycles. The highest BCUT2D eigenvalue weighted by Gasteiger charge is 2.59. The first-order valence-corrected chi connectivity index (χ1v) is 11.4. The molecule has 1 aliphatic rings. The van der Waals surface area contributed by atoms with Gasteiger partial charge >= 0.3 is 15.5 Å². The van der Waals surface area contributed by atoms with Gasteiger partial charge in [-0.15, -0.1) is 0 Å². The molecule has 1 saturated heterocycles. The number of alkyl halides is 3. The number of nitrogens with zero attached hydrogens (tertiary/aromatic N) is 9. The first-order chi connectivity index (χ1) is 16.4. The molecule has 0 amide bonds. The molecule has 1 fully saturated rings. The number of aryl methyl sites for hydroxylation is 1. The first kappa shape index (κ1) is 22.9. The van der Waals surface area contributed by atoms with Crippen molar-refractivity contribution in [1.82, 2.24) is 38.2 Å². The average molecular weight is 509 g/mol. The Morgan fingerprint density at radius 1 is 1.14 bits per heavy atom. The molecule has 16 heteroatoms. The van der Waals surface area contributed by atoms with Crippen LogP contribution in [0.15, 0.2) is 37.1 Å². The number of fused-ring (bicyclic) bond motifs is 1. The van der Waals surface area contributed by atoms with Gasteiger partial charge in [-0.3, -0.25) is 13.8 Å². The number of aromatic nitrogens is 7. The van der Waals surface area contributed by atoms with Gasteiger partial charge < -0.3 is 0 Å². The Balaban J connectivity index is 1.56. The number of hydrogen-bond donors (Lipinski definition) is 0. The maximum Gasteiger partial charge on any atom is 0.511 e. The van der Waals surface area contributed by atoms with Gasteiger partial charge in [0.2, 0.25) is 5.95 Å². The van der Waals surface area contributed by atoms with Gasteiger partial charge in [-0.25, -0.2) is 18.4 Å². The summed E-state index contributed by atoms with van der Waals surface area (Å²) in [6.07, 6.45) is 6.70. The van der Waals surface area contributed by atoms with Crippen molar-refractivity contribution in [3.8, 4) is 28.7 Å². The number of rotatable bonds is 5. The third-order valence-electron chi connectivity index (χ3n) is 5.76. The van der Waals surface area contributed by atoms with Crippen LogP contribution >= 0.6 is 0 Å². The molecule has 0 spiro atoms. The van der Waals surface area contributed by atoms with Gasteiger partial charge in [-0.2, -0.15) is 37.3 Å². The second-order valence-corrected chi connectivity index (χ2v) is 10.0. The van der Waals surface area contributed by atoms with Crippen LogP contribution in [0.25, 0.3) is 28.3 Å². The van der Waals surface area contributed by atoms with Crippen molar-refractivity contribution < 1.29 is 26.0 Å². The zero-order valence-electron chi connectivity index (χ0n) is 17.8. The summed E-state index contributed by atoms with van der Waals surface area (Å²) in [5.41, 5.74) is -5.16. The number of nitriles is 1. The van der Waals surface area contributed by atoms with Gasteiger partial charge in [-0.05, 0) is 0 Å². The van der Waals surface area contributed by atoms with E-state index in [9.17, 15) is 31.2 Å². The van der Waals surface area contributed by atoms with E-state index in [1.54, 1.807) is 30.2 Å². The Labute approximate surface area is 194 Å². The van der Waals surface area contributed by atoms with E-state index < -0.39 is 40.1 Å².